The lowest BCUT2D eigenvalue weighted by atomic mass is 10.2. The van der Waals surface area contributed by atoms with Gasteiger partial charge in [0.1, 0.15) is 12.7 Å². The topological polar surface area (TPSA) is 79.6 Å². The molecule has 0 saturated carbocycles. The van der Waals surface area contributed by atoms with E-state index in [1.165, 1.54) is 16.4 Å². The molecule has 0 aromatic heterocycles. The lowest BCUT2D eigenvalue weighted by molar-refractivity contribution is 0.0764. The van der Waals surface area contributed by atoms with Crippen LogP contribution in [0.4, 0.5) is 0 Å². The number of nitriles is 1. The van der Waals surface area contributed by atoms with Crippen LogP contribution in [0.2, 0.25) is 0 Å². The molecule has 7 heteroatoms. The molecule has 0 radical (unpaired) electrons. The molecule has 6 nitrogen and oxygen atoms in total. The van der Waals surface area contributed by atoms with Crippen molar-refractivity contribution in [2.75, 3.05) is 19.7 Å². The predicted molar refractivity (Wildman–Crippen MR) is 96.6 cm³/mol. The van der Waals surface area contributed by atoms with Gasteiger partial charge in [-0.25, -0.2) is 8.42 Å². The molecule has 1 atom stereocenters. The van der Waals surface area contributed by atoms with Gasteiger partial charge in [-0.15, -0.1) is 0 Å². The monoisotopic (exact) mass is 372 g/mol. The second kappa shape index (κ2) is 7.77. The molecule has 1 heterocycles. The van der Waals surface area contributed by atoms with Crippen molar-refractivity contribution in [3.8, 4) is 17.6 Å². The highest BCUT2D eigenvalue weighted by molar-refractivity contribution is 7.89. The van der Waals surface area contributed by atoms with Crippen molar-refractivity contribution in [2.24, 2.45) is 0 Å². The van der Waals surface area contributed by atoms with Crippen molar-refractivity contribution in [1.29, 1.82) is 5.26 Å². The number of ether oxygens (including phenoxy) is 2. The van der Waals surface area contributed by atoms with Crippen LogP contribution in [0.15, 0.2) is 53.4 Å². The zero-order valence-electron chi connectivity index (χ0n) is 14.5. The van der Waals surface area contributed by atoms with Crippen molar-refractivity contribution >= 4 is 10.0 Å². The summed E-state index contributed by atoms with van der Waals surface area (Å²) in [6.45, 7) is 2.74. The molecular weight excluding hydrogens is 352 g/mol. The average molecular weight is 372 g/mol. The Morgan fingerprint density at radius 2 is 1.96 bits per heavy atom. The van der Waals surface area contributed by atoms with E-state index >= 15 is 0 Å². The lowest BCUT2D eigenvalue weighted by Gasteiger charge is -2.30. The Balaban J connectivity index is 1.82. The quantitative estimate of drug-likeness (QED) is 0.779. The highest BCUT2D eigenvalue weighted by Gasteiger charge is 2.30. The van der Waals surface area contributed by atoms with Gasteiger partial charge in [0, 0.05) is 6.54 Å². The molecule has 1 aliphatic heterocycles. The Morgan fingerprint density at radius 3 is 2.69 bits per heavy atom. The summed E-state index contributed by atoms with van der Waals surface area (Å²) in [5, 5.41) is 9.03. The minimum atomic E-state index is -3.73. The molecule has 0 spiro atoms. The molecule has 0 unspecified atom stereocenters. The molecule has 0 saturated heterocycles. The van der Waals surface area contributed by atoms with Crippen LogP contribution < -0.4 is 9.47 Å². The molecule has 0 fully saturated rings. The zero-order valence-corrected chi connectivity index (χ0v) is 15.3. The molecule has 0 amide bonds. The fourth-order valence-electron chi connectivity index (χ4n) is 2.81. The van der Waals surface area contributed by atoms with Crippen LogP contribution in [0.3, 0.4) is 0 Å². The van der Waals surface area contributed by atoms with Crippen LogP contribution in [-0.4, -0.2) is 38.5 Å². The van der Waals surface area contributed by atoms with Gasteiger partial charge in [-0.05, 0) is 36.8 Å². The summed E-state index contributed by atoms with van der Waals surface area (Å²) in [7, 11) is -3.73. The maximum atomic E-state index is 13.0. The zero-order chi connectivity index (χ0) is 18.6. The van der Waals surface area contributed by atoms with Crippen molar-refractivity contribution in [3.63, 3.8) is 0 Å². The van der Waals surface area contributed by atoms with Crippen molar-refractivity contribution in [1.82, 2.24) is 4.31 Å². The standard InChI is InChI=1S/C19H20N2O4S/c1-2-10-21(26(22,23)17-7-5-6-15(11-17)12-20)13-16-14-24-18-8-3-4-9-19(18)25-16/h3-9,11,16H,2,10,13-14H2,1H3/t16-/m1/s1. The van der Waals surface area contributed by atoms with Gasteiger partial charge in [-0.1, -0.05) is 25.1 Å². The molecule has 3 rings (SSSR count). The van der Waals surface area contributed by atoms with E-state index in [4.69, 9.17) is 14.7 Å². The second-order valence-corrected chi connectivity index (χ2v) is 7.94. The van der Waals surface area contributed by atoms with E-state index in [1.54, 1.807) is 18.2 Å². The van der Waals surface area contributed by atoms with Crippen LogP contribution in [0.1, 0.15) is 18.9 Å². The number of sulfonamides is 1. The van der Waals surface area contributed by atoms with Crippen LogP contribution in [-0.2, 0) is 10.0 Å². The van der Waals surface area contributed by atoms with E-state index in [2.05, 4.69) is 0 Å². The Morgan fingerprint density at radius 1 is 1.19 bits per heavy atom. The molecule has 136 valence electrons. The highest BCUT2D eigenvalue weighted by Crippen LogP contribution is 2.31. The van der Waals surface area contributed by atoms with Gasteiger partial charge in [-0.2, -0.15) is 9.57 Å². The Kier molecular flexibility index (Phi) is 5.45. The van der Waals surface area contributed by atoms with E-state index in [1.807, 2.05) is 31.2 Å². The van der Waals surface area contributed by atoms with Gasteiger partial charge in [0.05, 0.1) is 23.1 Å². The summed E-state index contributed by atoms with van der Waals surface area (Å²) in [6.07, 6.45) is 0.270. The number of fused-ring (bicyclic) bond motifs is 1. The highest BCUT2D eigenvalue weighted by atomic mass is 32.2. The fraction of sp³-hybridized carbons (Fsp3) is 0.316. The molecule has 2 aromatic rings. The van der Waals surface area contributed by atoms with Gasteiger partial charge >= 0.3 is 0 Å². The molecule has 0 N–H and O–H groups in total. The number of benzene rings is 2. The molecule has 0 bridgehead atoms. The first kappa shape index (κ1) is 18.2. The van der Waals surface area contributed by atoms with Crippen LogP contribution >= 0.6 is 0 Å². The number of hydrogen-bond acceptors (Lipinski definition) is 5. The minimum Gasteiger partial charge on any atom is -0.486 e. The Hall–Kier alpha value is -2.56. The van der Waals surface area contributed by atoms with Gasteiger partial charge in [0.2, 0.25) is 10.0 Å². The third-order valence-electron chi connectivity index (χ3n) is 4.05. The molecular formula is C19H20N2O4S. The van der Waals surface area contributed by atoms with E-state index in [0.29, 0.717) is 30.0 Å². The second-order valence-electron chi connectivity index (χ2n) is 6.00. The van der Waals surface area contributed by atoms with E-state index in [0.717, 1.165) is 0 Å². The van der Waals surface area contributed by atoms with Crippen LogP contribution in [0.5, 0.6) is 11.5 Å². The summed E-state index contributed by atoms with van der Waals surface area (Å²) in [4.78, 5) is 0.113. The van der Waals surface area contributed by atoms with Crippen molar-refractivity contribution in [2.45, 2.75) is 24.3 Å². The average Bonchev–Trinajstić information content (AvgIpc) is 2.67. The summed E-state index contributed by atoms with van der Waals surface area (Å²) in [5.41, 5.74) is 0.314. The predicted octanol–water partition coefficient (Wildman–Crippen LogP) is 2.80. The van der Waals surface area contributed by atoms with Crippen molar-refractivity contribution in [3.05, 3.63) is 54.1 Å². The largest absolute Gasteiger partial charge is 0.486 e. The van der Waals surface area contributed by atoms with E-state index in [9.17, 15) is 8.42 Å². The first-order valence-electron chi connectivity index (χ1n) is 8.43. The van der Waals surface area contributed by atoms with Gasteiger partial charge in [-0.3, -0.25) is 0 Å². The lowest BCUT2D eigenvalue weighted by Crippen LogP contribution is -2.44. The van der Waals surface area contributed by atoms with Crippen LogP contribution in [0, 0.1) is 11.3 Å². The maximum absolute atomic E-state index is 13.0. The van der Waals surface area contributed by atoms with Gasteiger partial charge in [0.25, 0.3) is 0 Å². The van der Waals surface area contributed by atoms with E-state index < -0.39 is 16.1 Å². The van der Waals surface area contributed by atoms with Gasteiger partial charge in [0.15, 0.2) is 11.5 Å². The smallest absolute Gasteiger partial charge is 0.243 e. The first-order valence-corrected chi connectivity index (χ1v) is 9.87. The summed E-state index contributed by atoms with van der Waals surface area (Å²) in [6, 6.07) is 15.4. The number of hydrogen-bond donors (Lipinski definition) is 0. The Bertz CT molecular complexity index is 921. The third-order valence-corrected chi connectivity index (χ3v) is 5.91. The summed E-state index contributed by atoms with van der Waals surface area (Å²) < 4.78 is 39.0. The molecule has 1 aliphatic rings. The van der Waals surface area contributed by atoms with E-state index in [-0.39, 0.29) is 18.0 Å². The first-order chi connectivity index (χ1) is 12.5. The number of para-hydroxylation sites is 2. The SMILES string of the molecule is CCCN(C[C@@H]1COc2ccccc2O1)S(=O)(=O)c1cccc(C#N)c1. The number of rotatable bonds is 6. The minimum absolute atomic E-state index is 0.113. The maximum Gasteiger partial charge on any atom is 0.243 e. The molecule has 0 aliphatic carbocycles. The summed E-state index contributed by atoms with van der Waals surface area (Å²) in [5.74, 6) is 1.28. The molecule has 26 heavy (non-hydrogen) atoms. The number of nitrogens with zero attached hydrogens (tertiary/aromatic N) is 2. The third kappa shape index (κ3) is 3.82. The Labute approximate surface area is 153 Å². The van der Waals surface area contributed by atoms with Crippen LogP contribution in [0.25, 0.3) is 0 Å². The normalized spacial score (nSPS) is 16.3. The summed E-state index contributed by atoms with van der Waals surface area (Å²) >= 11 is 0. The van der Waals surface area contributed by atoms with Gasteiger partial charge < -0.3 is 9.47 Å². The molecule has 2 aromatic carbocycles. The fourth-order valence-corrected chi connectivity index (χ4v) is 4.42. The van der Waals surface area contributed by atoms with Crippen molar-refractivity contribution < 1.29 is 17.9 Å².